The molecule has 1 heterocycles. The van der Waals surface area contributed by atoms with Crippen LogP contribution in [0.25, 0.3) is 0 Å². The normalized spacial score (nSPS) is 31.7. The molecule has 1 rings (SSSR count). The lowest BCUT2D eigenvalue weighted by Crippen LogP contribution is -2.48. The smallest absolute Gasteiger partial charge is 0.0350 e. The van der Waals surface area contributed by atoms with Gasteiger partial charge in [-0.15, -0.1) is 0 Å². The quantitative estimate of drug-likeness (QED) is 0.719. The first-order valence-corrected chi connectivity index (χ1v) is 5.78. The van der Waals surface area contributed by atoms with E-state index in [9.17, 15) is 0 Å². The first-order valence-electron chi connectivity index (χ1n) is 5.78. The fourth-order valence-corrected chi connectivity index (χ4v) is 2.48. The van der Waals surface area contributed by atoms with E-state index in [1.807, 2.05) is 7.05 Å². The summed E-state index contributed by atoms with van der Waals surface area (Å²) in [6, 6.07) is 1.40. The minimum atomic E-state index is 0.674. The maximum absolute atomic E-state index is 3.30. The lowest BCUT2D eigenvalue weighted by Gasteiger charge is -2.33. The van der Waals surface area contributed by atoms with Crippen LogP contribution < -0.4 is 5.32 Å². The summed E-state index contributed by atoms with van der Waals surface area (Å²) in [5, 5.41) is 3.30. The first kappa shape index (κ1) is 12.0. The molecule has 0 aliphatic carbocycles. The Balaban J connectivity index is 2.63. The summed E-state index contributed by atoms with van der Waals surface area (Å²) in [6.07, 6.45) is 1.30. The fourth-order valence-electron chi connectivity index (χ4n) is 2.48. The van der Waals surface area contributed by atoms with Crippen LogP contribution in [0.1, 0.15) is 20.3 Å². The maximum Gasteiger partial charge on any atom is 0.0350 e. The van der Waals surface area contributed by atoms with Gasteiger partial charge in [0.2, 0.25) is 0 Å². The van der Waals surface area contributed by atoms with Crippen LogP contribution in [-0.2, 0) is 0 Å². The molecule has 0 aromatic rings. The second kappa shape index (κ2) is 5.69. The predicted octanol–water partition coefficient (Wildman–Crippen LogP) is 0.620. The van der Waals surface area contributed by atoms with Gasteiger partial charge in [0.25, 0.3) is 0 Å². The highest BCUT2D eigenvalue weighted by Gasteiger charge is 2.26. The Morgan fingerprint density at radius 3 is 2.71 bits per heavy atom. The van der Waals surface area contributed by atoms with E-state index in [1.165, 1.54) is 26.1 Å². The molecule has 2 atom stereocenters. The average molecular weight is 199 g/mol. The van der Waals surface area contributed by atoms with Gasteiger partial charge in [-0.05, 0) is 40.5 Å². The SMILES string of the molecule is CCN1C(C)CCN(C)CC1CNC. The Bertz CT molecular complexity index is 161. The molecule has 14 heavy (non-hydrogen) atoms. The number of rotatable bonds is 3. The van der Waals surface area contributed by atoms with Gasteiger partial charge >= 0.3 is 0 Å². The third-order valence-electron chi connectivity index (χ3n) is 3.29. The molecule has 3 heteroatoms. The molecule has 0 bridgehead atoms. The van der Waals surface area contributed by atoms with Gasteiger partial charge in [-0.3, -0.25) is 4.90 Å². The molecule has 0 spiro atoms. The minimum Gasteiger partial charge on any atom is -0.318 e. The van der Waals surface area contributed by atoms with E-state index >= 15 is 0 Å². The Morgan fingerprint density at radius 1 is 1.43 bits per heavy atom. The minimum absolute atomic E-state index is 0.674. The molecular weight excluding hydrogens is 174 g/mol. The van der Waals surface area contributed by atoms with Crippen molar-refractivity contribution in [2.45, 2.75) is 32.4 Å². The molecule has 0 saturated carbocycles. The Kier molecular flexibility index (Phi) is 4.85. The number of nitrogens with one attached hydrogen (secondary N) is 1. The van der Waals surface area contributed by atoms with Gasteiger partial charge in [0.05, 0.1) is 0 Å². The Labute approximate surface area is 88.5 Å². The molecule has 1 aliphatic heterocycles. The van der Waals surface area contributed by atoms with Crippen molar-refractivity contribution < 1.29 is 0 Å². The number of nitrogens with zero attached hydrogens (tertiary/aromatic N) is 2. The van der Waals surface area contributed by atoms with Crippen LogP contribution in [-0.4, -0.2) is 62.2 Å². The zero-order valence-electron chi connectivity index (χ0n) is 10.1. The first-order chi connectivity index (χ1) is 6.69. The third kappa shape index (κ3) is 2.94. The highest BCUT2D eigenvalue weighted by Crippen LogP contribution is 2.14. The van der Waals surface area contributed by atoms with Gasteiger partial charge in [0, 0.05) is 25.2 Å². The van der Waals surface area contributed by atoms with Crippen molar-refractivity contribution >= 4 is 0 Å². The summed E-state index contributed by atoms with van der Waals surface area (Å²) < 4.78 is 0. The highest BCUT2D eigenvalue weighted by molar-refractivity contribution is 4.83. The molecule has 84 valence electrons. The van der Waals surface area contributed by atoms with Gasteiger partial charge in [-0.1, -0.05) is 6.92 Å². The Morgan fingerprint density at radius 2 is 2.14 bits per heavy atom. The van der Waals surface area contributed by atoms with E-state index in [1.54, 1.807) is 0 Å². The summed E-state index contributed by atoms with van der Waals surface area (Å²) in [4.78, 5) is 5.08. The molecule has 1 fully saturated rings. The van der Waals surface area contributed by atoms with Crippen LogP contribution in [0.5, 0.6) is 0 Å². The van der Waals surface area contributed by atoms with Crippen LogP contribution in [0.4, 0.5) is 0 Å². The number of hydrogen-bond donors (Lipinski definition) is 1. The lowest BCUT2D eigenvalue weighted by atomic mass is 10.1. The van der Waals surface area contributed by atoms with Crippen LogP contribution in [0, 0.1) is 0 Å². The molecule has 1 N–H and O–H groups in total. The molecule has 0 amide bonds. The fraction of sp³-hybridized carbons (Fsp3) is 1.00. The van der Waals surface area contributed by atoms with Crippen molar-refractivity contribution in [1.29, 1.82) is 0 Å². The summed E-state index contributed by atoms with van der Waals surface area (Å²) >= 11 is 0. The van der Waals surface area contributed by atoms with E-state index in [-0.39, 0.29) is 0 Å². The van der Waals surface area contributed by atoms with Crippen molar-refractivity contribution in [3.8, 4) is 0 Å². The topological polar surface area (TPSA) is 18.5 Å². The zero-order chi connectivity index (χ0) is 10.6. The lowest BCUT2D eigenvalue weighted by molar-refractivity contribution is 0.151. The van der Waals surface area contributed by atoms with Gasteiger partial charge in [0.15, 0.2) is 0 Å². The van der Waals surface area contributed by atoms with E-state index in [4.69, 9.17) is 0 Å². The van der Waals surface area contributed by atoms with Crippen LogP contribution >= 0.6 is 0 Å². The van der Waals surface area contributed by atoms with Crippen molar-refractivity contribution in [3.63, 3.8) is 0 Å². The predicted molar refractivity (Wildman–Crippen MR) is 61.7 cm³/mol. The van der Waals surface area contributed by atoms with Gasteiger partial charge < -0.3 is 10.2 Å². The monoisotopic (exact) mass is 199 g/mol. The van der Waals surface area contributed by atoms with Crippen molar-refractivity contribution in [2.75, 3.05) is 40.3 Å². The summed E-state index contributed by atoms with van der Waals surface area (Å²) in [6.45, 7) is 9.32. The summed E-state index contributed by atoms with van der Waals surface area (Å²) in [5.41, 5.74) is 0. The summed E-state index contributed by atoms with van der Waals surface area (Å²) in [5.74, 6) is 0. The van der Waals surface area contributed by atoms with Crippen molar-refractivity contribution in [1.82, 2.24) is 15.1 Å². The van der Waals surface area contributed by atoms with Crippen LogP contribution in [0.2, 0.25) is 0 Å². The standard InChI is InChI=1S/C11H25N3/c1-5-14-10(2)6-7-13(4)9-11(14)8-12-3/h10-12H,5-9H2,1-4H3. The van der Waals surface area contributed by atoms with Gasteiger partial charge in [-0.25, -0.2) is 0 Å². The second-order valence-corrected chi connectivity index (χ2v) is 4.44. The van der Waals surface area contributed by atoms with E-state index < -0.39 is 0 Å². The molecule has 2 unspecified atom stereocenters. The molecule has 1 aliphatic rings. The maximum atomic E-state index is 3.30. The molecule has 0 aromatic carbocycles. The summed E-state index contributed by atoms with van der Waals surface area (Å²) in [7, 11) is 4.28. The average Bonchev–Trinajstić information content (AvgIpc) is 2.27. The van der Waals surface area contributed by atoms with Crippen LogP contribution in [0.3, 0.4) is 0 Å². The van der Waals surface area contributed by atoms with E-state index in [0.29, 0.717) is 6.04 Å². The highest BCUT2D eigenvalue weighted by atomic mass is 15.3. The molecular formula is C11H25N3. The van der Waals surface area contributed by atoms with Crippen molar-refractivity contribution in [3.05, 3.63) is 0 Å². The largest absolute Gasteiger partial charge is 0.318 e. The molecule has 3 nitrogen and oxygen atoms in total. The number of likely N-dealkylation sites (N-methyl/N-ethyl adjacent to an activating group) is 3. The number of hydrogen-bond acceptors (Lipinski definition) is 3. The Hall–Kier alpha value is -0.120. The molecule has 0 radical (unpaired) electrons. The van der Waals surface area contributed by atoms with Gasteiger partial charge in [0.1, 0.15) is 0 Å². The van der Waals surface area contributed by atoms with Gasteiger partial charge in [-0.2, -0.15) is 0 Å². The van der Waals surface area contributed by atoms with E-state index in [0.717, 1.165) is 12.6 Å². The molecule has 1 saturated heterocycles. The third-order valence-corrected chi connectivity index (χ3v) is 3.29. The van der Waals surface area contributed by atoms with Crippen LogP contribution in [0.15, 0.2) is 0 Å². The second-order valence-electron chi connectivity index (χ2n) is 4.44. The molecule has 0 aromatic heterocycles. The van der Waals surface area contributed by atoms with E-state index in [2.05, 4.69) is 36.0 Å². The van der Waals surface area contributed by atoms with Crippen molar-refractivity contribution in [2.24, 2.45) is 0 Å². The zero-order valence-corrected chi connectivity index (χ0v) is 10.1.